The topological polar surface area (TPSA) is 15.3 Å². The van der Waals surface area contributed by atoms with Gasteiger partial charge in [0.1, 0.15) is 0 Å². The molecule has 0 aromatic heterocycles. The lowest BCUT2D eigenvalue weighted by Gasteiger charge is -2.37. The van der Waals surface area contributed by atoms with Gasteiger partial charge in [0.15, 0.2) is 0 Å². The van der Waals surface area contributed by atoms with Crippen LogP contribution in [0.3, 0.4) is 0 Å². The second kappa shape index (κ2) is 4.66. The van der Waals surface area contributed by atoms with Crippen molar-refractivity contribution in [2.24, 2.45) is 5.92 Å². The van der Waals surface area contributed by atoms with E-state index in [9.17, 15) is 0 Å². The lowest BCUT2D eigenvalue weighted by molar-refractivity contribution is 0.123. The fraction of sp³-hybridized carbons (Fsp3) is 1.00. The van der Waals surface area contributed by atoms with Crippen LogP contribution in [0, 0.1) is 5.92 Å². The van der Waals surface area contributed by atoms with Crippen LogP contribution in [0.4, 0.5) is 0 Å². The number of likely N-dealkylation sites (N-methyl/N-ethyl adjacent to an activating group) is 1. The van der Waals surface area contributed by atoms with Crippen LogP contribution in [-0.4, -0.2) is 36.1 Å². The molecular weight excluding hydrogens is 196 g/mol. The summed E-state index contributed by atoms with van der Waals surface area (Å²) in [6.45, 7) is 8.24. The molecule has 1 aliphatic heterocycles. The fourth-order valence-electron chi connectivity index (χ4n) is 3.49. The first-order valence-corrected chi connectivity index (χ1v) is 6.95. The molecule has 2 fully saturated rings. The highest BCUT2D eigenvalue weighted by Gasteiger charge is 2.35. The van der Waals surface area contributed by atoms with Gasteiger partial charge in [0.2, 0.25) is 0 Å². The van der Waals surface area contributed by atoms with E-state index >= 15 is 0 Å². The van der Waals surface area contributed by atoms with Gasteiger partial charge in [-0.05, 0) is 46.1 Å². The molecular formula is C14H28N2. The van der Waals surface area contributed by atoms with Gasteiger partial charge in [0.25, 0.3) is 0 Å². The molecule has 2 aliphatic rings. The van der Waals surface area contributed by atoms with Crippen molar-refractivity contribution in [1.82, 2.24) is 10.2 Å². The minimum absolute atomic E-state index is 0.346. The van der Waals surface area contributed by atoms with Gasteiger partial charge in [-0.2, -0.15) is 0 Å². The van der Waals surface area contributed by atoms with Gasteiger partial charge in [-0.15, -0.1) is 0 Å². The summed E-state index contributed by atoms with van der Waals surface area (Å²) in [5.41, 5.74) is 0.346. The number of nitrogens with zero attached hydrogens (tertiary/aromatic N) is 1. The van der Waals surface area contributed by atoms with Gasteiger partial charge in [-0.1, -0.05) is 19.8 Å². The molecule has 2 rings (SSSR count). The van der Waals surface area contributed by atoms with Gasteiger partial charge < -0.3 is 5.32 Å². The standard InChI is InChI=1S/C14H28N2/c1-11-6-5-7-12(8-11)16(4)13-9-14(2,3)15-10-13/h11-13,15H,5-10H2,1-4H3. The first kappa shape index (κ1) is 12.4. The maximum Gasteiger partial charge on any atom is 0.0238 e. The monoisotopic (exact) mass is 224 g/mol. The second-order valence-corrected chi connectivity index (χ2v) is 6.71. The van der Waals surface area contributed by atoms with Gasteiger partial charge >= 0.3 is 0 Å². The average Bonchev–Trinajstić information content (AvgIpc) is 2.58. The lowest BCUT2D eigenvalue weighted by Crippen LogP contribution is -2.43. The first-order valence-electron chi connectivity index (χ1n) is 6.95. The van der Waals surface area contributed by atoms with Crippen molar-refractivity contribution in [3.05, 3.63) is 0 Å². The van der Waals surface area contributed by atoms with E-state index in [-0.39, 0.29) is 0 Å². The van der Waals surface area contributed by atoms with E-state index < -0.39 is 0 Å². The Morgan fingerprint density at radius 1 is 1.19 bits per heavy atom. The summed E-state index contributed by atoms with van der Waals surface area (Å²) in [5.74, 6) is 0.934. The van der Waals surface area contributed by atoms with Crippen molar-refractivity contribution < 1.29 is 0 Å². The van der Waals surface area contributed by atoms with E-state index in [1.807, 2.05) is 0 Å². The van der Waals surface area contributed by atoms with Crippen LogP contribution >= 0.6 is 0 Å². The van der Waals surface area contributed by atoms with Crippen LogP contribution < -0.4 is 5.32 Å². The van der Waals surface area contributed by atoms with E-state index in [0.29, 0.717) is 5.54 Å². The molecule has 0 spiro atoms. The summed E-state index contributed by atoms with van der Waals surface area (Å²) in [5, 5.41) is 3.64. The molecule has 94 valence electrons. The minimum Gasteiger partial charge on any atom is -0.310 e. The molecule has 0 radical (unpaired) electrons. The largest absolute Gasteiger partial charge is 0.310 e. The predicted molar refractivity (Wildman–Crippen MR) is 69.7 cm³/mol. The molecule has 1 heterocycles. The van der Waals surface area contributed by atoms with E-state index in [1.54, 1.807) is 0 Å². The SMILES string of the molecule is CC1CCCC(N(C)C2CNC(C)(C)C2)C1. The van der Waals surface area contributed by atoms with Crippen molar-refractivity contribution in [1.29, 1.82) is 0 Å². The van der Waals surface area contributed by atoms with Crippen LogP contribution in [0.2, 0.25) is 0 Å². The van der Waals surface area contributed by atoms with E-state index in [0.717, 1.165) is 18.0 Å². The molecule has 0 bridgehead atoms. The van der Waals surface area contributed by atoms with Crippen molar-refractivity contribution in [3.8, 4) is 0 Å². The van der Waals surface area contributed by atoms with Gasteiger partial charge in [-0.3, -0.25) is 4.90 Å². The number of hydrogen-bond donors (Lipinski definition) is 1. The zero-order chi connectivity index (χ0) is 11.8. The molecule has 0 aromatic rings. The summed E-state index contributed by atoms with van der Waals surface area (Å²) < 4.78 is 0. The second-order valence-electron chi connectivity index (χ2n) is 6.71. The Morgan fingerprint density at radius 3 is 2.50 bits per heavy atom. The molecule has 3 unspecified atom stereocenters. The number of rotatable bonds is 2. The molecule has 1 saturated heterocycles. The lowest BCUT2D eigenvalue weighted by atomic mass is 9.85. The summed E-state index contributed by atoms with van der Waals surface area (Å²) >= 11 is 0. The zero-order valence-electron chi connectivity index (χ0n) is 11.4. The van der Waals surface area contributed by atoms with Crippen LogP contribution in [0.15, 0.2) is 0 Å². The molecule has 3 atom stereocenters. The smallest absolute Gasteiger partial charge is 0.0238 e. The van der Waals surface area contributed by atoms with Crippen LogP contribution in [0.5, 0.6) is 0 Å². The predicted octanol–water partition coefficient (Wildman–Crippen LogP) is 2.64. The van der Waals surface area contributed by atoms with Crippen molar-refractivity contribution in [3.63, 3.8) is 0 Å². The maximum absolute atomic E-state index is 3.64. The number of hydrogen-bond acceptors (Lipinski definition) is 2. The van der Waals surface area contributed by atoms with Crippen molar-refractivity contribution in [2.75, 3.05) is 13.6 Å². The number of nitrogens with one attached hydrogen (secondary N) is 1. The van der Waals surface area contributed by atoms with Gasteiger partial charge in [0.05, 0.1) is 0 Å². The molecule has 1 aliphatic carbocycles. The Balaban J connectivity index is 1.89. The summed E-state index contributed by atoms with van der Waals surface area (Å²) in [4.78, 5) is 2.66. The Morgan fingerprint density at radius 2 is 1.94 bits per heavy atom. The third-order valence-electron chi connectivity index (χ3n) is 4.62. The highest BCUT2D eigenvalue weighted by atomic mass is 15.2. The fourth-order valence-corrected chi connectivity index (χ4v) is 3.49. The molecule has 1 saturated carbocycles. The highest BCUT2D eigenvalue weighted by molar-refractivity contribution is 4.95. The van der Waals surface area contributed by atoms with Crippen molar-refractivity contribution >= 4 is 0 Å². The Labute approximate surface area is 101 Å². The Bertz CT molecular complexity index is 235. The van der Waals surface area contributed by atoms with Gasteiger partial charge in [-0.25, -0.2) is 0 Å². The Hall–Kier alpha value is -0.0800. The first-order chi connectivity index (χ1) is 7.48. The summed E-state index contributed by atoms with van der Waals surface area (Å²) in [6, 6.07) is 1.59. The molecule has 0 aromatic carbocycles. The summed E-state index contributed by atoms with van der Waals surface area (Å²) in [7, 11) is 2.34. The molecule has 1 N–H and O–H groups in total. The highest BCUT2D eigenvalue weighted by Crippen LogP contribution is 2.30. The average molecular weight is 224 g/mol. The maximum atomic E-state index is 3.64. The van der Waals surface area contributed by atoms with Crippen molar-refractivity contribution in [2.45, 2.75) is 70.5 Å². The zero-order valence-corrected chi connectivity index (χ0v) is 11.4. The van der Waals surface area contributed by atoms with E-state index in [4.69, 9.17) is 0 Å². The molecule has 16 heavy (non-hydrogen) atoms. The quantitative estimate of drug-likeness (QED) is 0.776. The van der Waals surface area contributed by atoms with Crippen LogP contribution in [-0.2, 0) is 0 Å². The molecule has 2 heteroatoms. The van der Waals surface area contributed by atoms with Crippen LogP contribution in [0.1, 0.15) is 52.9 Å². The Kier molecular flexibility index (Phi) is 3.60. The van der Waals surface area contributed by atoms with E-state index in [2.05, 4.69) is 38.0 Å². The molecule has 0 amide bonds. The normalized spacial score (nSPS) is 39.2. The van der Waals surface area contributed by atoms with Crippen LogP contribution in [0.25, 0.3) is 0 Å². The van der Waals surface area contributed by atoms with Gasteiger partial charge in [0, 0.05) is 24.2 Å². The summed E-state index contributed by atoms with van der Waals surface area (Å²) in [6.07, 6.45) is 7.00. The third-order valence-corrected chi connectivity index (χ3v) is 4.62. The minimum atomic E-state index is 0.346. The molecule has 2 nitrogen and oxygen atoms in total. The third kappa shape index (κ3) is 2.78. The van der Waals surface area contributed by atoms with E-state index in [1.165, 1.54) is 38.6 Å².